The van der Waals surface area contributed by atoms with Crippen LogP contribution in [0.2, 0.25) is 0 Å². The Morgan fingerprint density at radius 1 is 1.12 bits per heavy atom. The highest BCUT2D eigenvalue weighted by Gasteiger charge is 2.27. The number of rotatable bonds is 5. The van der Waals surface area contributed by atoms with E-state index in [0.717, 1.165) is 23.9 Å². The van der Waals surface area contributed by atoms with Crippen molar-refractivity contribution < 1.29 is 0 Å². The van der Waals surface area contributed by atoms with E-state index in [1.54, 1.807) is 0 Å². The second-order valence-electron chi connectivity index (χ2n) is 6.17. The summed E-state index contributed by atoms with van der Waals surface area (Å²) in [7, 11) is 2.27. The lowest BCUT2D eigenvalue weighted by Gasteiger charge is -2.34. The molecule has 16 heavy (non-hydrogen) atoms. The van der Waals surface area contributed by atoms with Crippen LogP contribution in [0.25, 0.3) is 0 Å². The summed E-state index contributed by atoms with van der Waals surface area (Å²) in [5.41, 5.74) is 0. The van der Waals surface area contributed by atoms with Crippen LogP contribution in [0.3, 0.4) is 0 Å². The van der Waals surface area contributed by atoms with Crippen molar-refractivity contribution in [3.63, 3.8) is 0 Å². The van der Waals surface area contributed by atoms with Crippen LogP contribution < -0.4 is 5.32 Å². The molecule has 3 unspecified atom stereocenters. The summed E-state index contributed by atoms with van der Waals surface area (Å²) >= 11 is 0. The minimum absolute atomic E-state index is 0.774. The van der Waals surface area contributed by atoms with Crippen LogP contribution in [0.1, 0.15) is 46.0 Å². The van der Waals surface area contributed by atoms with Gasteiger partial charge in [-0.15, -0.1) is 0 Å². The third-order valence-corrected chi connectivity index (χ3v) is 4.50. The van der Waals surface area contributed by atoms with Gasteiger partial charge in [-0.3, -0.25) is 0 Å². The Morgan fingerprint density at radius 3 is 2.56 bits per heavy atom. The minimum atomic E-state index is 0.774. The Morgan fingerprint density at radius 2 is 1.88 bits per heavy atom. The van der Waals surface area contributed by atoms with E-state index >= 15 is 0 Å². The molecule has 0 radical (unpaired) electrons. The van der Waals surface area contributed by atoms with Gasteiger partial charge in [-0.25, -0.2) is 0 Å². The van der Waals surface area contributed by atoms with Gasteiger partial charge in [0, 0.05) is 25.2 Å². The van der Waals surface area contributed by atoms with Crippen LogP contribution in [0.5, 0.6) is 0 Å². The maximum atomic E-state index is 3.77. The van der Waals surface area contributed by atoms with Crippen LogP contribution in [-0.2, 0) is 0 Å². The Labute approximate surface area is 101 Å². The fourth-order valence-electron chi connectivity index (χ4n) is 2.94. The molecule has 2 heteroatoms. The summed E-state index contributed by atoms with van der Waals surface area (Å²) in [5, 5.41) is 3.77. The first-order valence-electron chi connectivity index (χ1n) is 7.10. The third kappa shape index (κ3) is 3.46. The van der Waals surface area contributed by atoms with E-state index in [1.807, 2.05) is 0 Å². The number of nitrogens with zero attached hydrogens (tertiary/aromatic N) is 1. The second kappa shape index (κ2) is 5.50. The van der Waals surface area contributed by atoms with Gasteiger partial charge >= 0.3 is 0 Å². The van der Waals surface area contributed by atoms with E-state index in [1.165, 1.54) is 45.2 Å². The molecule has 2 nitrogen and oxygen atoms in total. The SMILES string of the molecule is CC1CCC(C)C(NCCN(C)C2CC2)C1. The Hall–Kier alpha value is -0.0800. The van der Waals surface area contributed by atoms with Gasteiger partial charge in [0.15, 0.2) is 0 Å². The quantitative estimate of drug-likeness (QED) is 0.772. The average Bonchev–Trinajstić information content (AvgIpc) is 3.06. The van der Waals surface area contributed by atoms with Gasteiger partial charge in [-0.05, 0) is 44.6 Å². The molecule has 3 atom stereocenters. The first-order chi connectivity index (χ1) is 7.66. The molecule has 0 saturated heterocycles. The normalized spacial score (nSPS) is 35.6. The van der Waals surface area contributed by atoms with E-state index in [4.69, 9.17) is 0 Å². The number of nitrogens with one attached hydrogen (secondary N) is 1. The predicted octanol–water partition coefficient (Wildman–Crippen LogP) is 2.49. The van der Waals surface area contributed by atoms with Crippen LogP contribution in [-0.4, -0.2) is 37.1 Å². The topological polar surface area (TPSA) is 15.3 Å². The summed E-state index contributed by atoms with van der Waals surface area (Å²) in [6.45, 7) is 7.21. The van der Waals surface area contributed by atoms with Crippen molar-refractivity contribution in [2.24, 2.45) is 11.8 Å². The Balaban J connectivity index is 1.63. The zero-order valence-corrected chi connectivity index (χ0v) is 11.2. The molecule has 0 heterocycles. The highest BCUT2D eigenvalue weighted by molar-refractivity contribution is 4.84. The highest BCUT2D eigenvalue weighted by Crippen LogP contribution is 2.28. The van der Waals surface area contributed by atoms with Crippen molar-refractivity contribution in [1.82, 2.24) is 10.2 Å². The standard InChI is InChI=1S/C14H28N2/c1-11-4-5-12(2)14(10-11)15-8-9-16(3)13-6-7-13/h11-15H,4-10H2,1-3H3. The van der Waals surface area contributed by atoms with Gasteiger partial charge < -0.3 is 10.2 Å². The van der Waals surface area contributed by atoms with Gasteiger partial charge in [0.05, 0.1) is 0 Å². The molecule has 0 amide bonds. The molecule has 2 rings (SSSR count). The van der Waals surface area contributed by atoms with E-state index in [9.17, 15) is 0 Å². The molecule has 0 spiro atoms. The second-order valence-corrected chi connectivity index (χ2v) is 6.17. The molecule has 94 valence electrons. The van der Waals surface area contributed by atoms with Crippen LogP contribution in [0.15, 0.2) is 0 Å². The lowest BCUT2D eigenvalue weighted by molar-refractivity contribution is 0.219. The maximum absolute atomic E-state index is 3.77. The van der Waals surface area contributed by atoms with Gasteiger partial charge in [0.1, 0.15) is 0 Å². The first-order valence-corrected chi connectivity index (χ1v) is 7.10. The zero-order valence-electron chi connectivity index (χ0n) is 11.2. The highest BCUT2D eigenvalue weighted by atomic mass is 15.2. The summed E-state index contributed by atoms with van der Waals surface area (Å²) in [5.74, 6) is 1.80. The molecule has 2 saturated carbocycles. The molecule has 1 N–H and O–H groups in total. The number of hydrogen-bond donors (Lipinski definition) is 1. The maximum Gasteiger partial charge on any atom is 0.0107 e. The zero-order chi connectivity index (χ0) is 11.5. The molecule has 2 aliphatic carbocycles. The summed E-state index contributed by atoms with van der Waals surface area (Å²) in [4.78, 5) is 2.52. The molecular formula is C14H28N2. The van der Waals surface area contributed by atoms with E-state index in [2.05, 4.69) is 31.1 Å². The lowest BCUT2D eigenvalue weighted by atomic mass is 9.80. The van der Waals surface area contributed by atoms with Crippen LogP contribution in [0.4, 0.5) is 0 Å². The molecule has 0 aliphatic heterocycles. The van der Waals surface area contributed by atoms with Crippen molar-refractivity contribution >= 4 is 0 Å². The molecule has 0 bridgehead atoms. The average molecular weight is 224 g/mol. The van der Waals surface area contributed by atoms with Crippen LogP contribution in [0, 0.1) is 11.8 Å². The van der Waals surface area contributed by atoms with Crippen molar-refractivity contribution in [3.8, 4) is 0 Å². The fourth-order valence-corrected chi connectivity index (χ4v) is 2.94. The van der Waals surface area contributed by atoms with Crippen molar-refractivity contribution in [3.05, 3.63) is 0 Å². The number of hydrogen-bond acceptors (Lipinski definition) is 2. The summed E-state index contributed by atoms with van der Waals surface area (Å²) < 4.78 is 0. The molecule has 2 aliphatic rings. The van der Waals surface area contributed by atoms with E-state index in [0.29, 0.717) is 0 Å². The van der Waals surface area contributed by atoms with Crippen molar-refractivity contribution in [2.75, 3.05) is 20.1 Å². The van der Waals surface area contributed by atoms with E-state index < -0.39 is 0 Å². The molecule has 0 aromatic rings. The Kier molecular flexibility index (Phi) is 4.26. The first kappa shape index (κ1) is 12.4. The van der Waals surface area contributed by atoms with Crippen LogP contribution >= 0.6 is 0 Å². The van der Waals surface area contributed by atoms with Gasteiger partial charge in [-0.2, -0.15) is 0 Å². The van der Waals surface area contributed by atoms with Gasteiger partial charge in [-0.1, -0.05) is 20.3 Å². The largest absolute Gasteiger partial charge is 0.312 e. The van der Waals surface area contributed by atoms with Gasteiger partial charge in [0.2, 0.25) is 0 Å². The molecule has 2 fully saturated rings. The molecular weight excluding hydrogens is 196 g/mol. The van der Waals surface area contributed by atoms with Crippen molar-refractivity contribution in [1.29, 1.82) is 0 Å². The fraction of sp³-hybridized carbons (Fsp3) is 1.00. The monoisotopic (exact) mass is 224 g/mol. The summed E-state index contributed by atoms with van der Waals surface area (Å²) in [6, 6.07) is 1.68. The lowest BCUT2D eigenvalue weighted by Crippen LogP contribution is -2.42. The Bertz CT molecular complexity index is 213. The minimum Gasteiger partial charge on any atom is -0.312 e. The smallest absolute Gasteiger partial charge is 0.0107 e. The summed E-state index contributed by atoms with van der Waals surface area (Å²) in [6.07, 6.45) is 7.08. The van der Waals surface area contributed by atoms with E-state index in [-0.39, 0.29) is 0 Å². The predicted molar refractivity (Wildman–Crippen MR) is 69.6 cm³/mol. The molecule has 0 aromatic heterocycles. The van der Waals surface area contributed by atoms with Gasteiger partial charge in [0.25, 0.3) is 0 Å². The third-order valence-electron chi connectivity index (χ3n) is 4.50. The molecule has 0 aromatic carbocycles. The van der Waals surface area contributed by atoms with Crippen molar-refractivity contribution in [2.45, 2.75) is 58.0 Å². The number of likely N-dealkylation sites (N-methyl/N-ethyl adjacent to an activating group) is 1.